The molecule has 0 unspecified atom stereocenters. The maximum absolute atomic E-state index is 4.43. The predicted molar refractivity (Wildman–Crippen MR) is 96.6 cm³/mol. The van der Waals surface area contributed by atoms with Crippen molar-refractivity contribution < 1.29 is 0 Å². The van der Waals surface area contributed by atoms with Crippen LogP contribution >= 0.6 is 0 Å². The highest BCUT2D eigenvalue weighted by Crippen LogP contribution is 2.24. The lowest BCUT2D eigenvalue weighted by molar-refractivity contribution is 0.852. The summed E-state index contributed by atoms with van der Waals surface area (Å²) in [4.78, 5) is 6.76. The topological polar surface area (TPSA) is 66.0 Å². The van der Waals surface area contributed by atoms with Gasteiger partial charge >= 0.3 is 0 Å². The minimum atomic E-state index is 0.266. The van der Waals surface area contributed by atoms with Crippen LogP contribution in [0.4, 0.5) is 23.1 Å². The van der Waals surface area contributed by atoms with Crippen molar-refractivity contribution in [2.24, 2.45) is 0 Å². The highest BCUT2D eigenvalue weighted by molar-refractivity contribution is 5.65. The van der Waals surface area contributed by atoms with Gasteiger partial charge in [-0.05, 0) is 58.4 Å². The third-order valence-electron chi connectivity index (χ3n) is 3.58. The van der Waals surface area contributed by atoms with Crippen LogP contribution in [0.15, 0.2) is 24.4 Å². The number of hydrogen-bond acceptors (Lipinski definition) is 6. The minimum Gasteiger partial charge on any atom is -0.372 e. The molecule has 6 heteroatoms. The molecule has 1 aromatic heterocycles. The number of anilines is 4. The number of aromatic nitrogens is 3. The van der Waals surface area contributed by atoms with Crippen LogP contribution in [0.2, 0.25) is 0 Å². The van der Waals surface area contributed by atoms with Crippen LogP contribution in [0.1, 0.15) is 33.3 Å². The summed E-state index contributed by atoms with van der Waals surface area (Å²) in [5.41, 5.74) is 3.43. The molecule has 2 aromatic rings. The van der Waals surface area contributed by atoms with Gasteiger partial charge in [-0.25, -0.2) is 0 Å². The second-order valence-corrected chi connectivity index (χ2v) is 5.76. The Hall–Kier alpha value is -2.37. The van der Waals surface area contributed by atoms with E-state index < -0.39 is 0 Å². The van der Waals surface area contributed by atoms with Gasteiger partial charge in [0.1, 0.15) is 0 Å². The van der Waals surface area contributed by atoms with Crippen molar-refractivity contribution in [3.63, 3.8) is 0 Å². The number of benzene rings is 1. The summed E-state index contributed by atoms with van der Waals surface area (Å²) in [7, 11) is 0. The van der Waals surface area contributed by atoms with Gasteiger partial charge < -0.3 is 15.5 Å². The molecule has 0 aliphatic rings. The zero-order valence-electron chi connectivity index (χ0n) is 14.6. The average Bonchev–Trinajstić information content (AvgIpc) is 2.51. The van der Waals surface area contributed by atoms with Gasteiger partial charge in [-0.2, -0.15) is 10.1 Å². The second kappa shape index (κ2) is 7.76. The summed E-state index contributed by atoms with van der Waals surface area (Å²) < 4.78 is 0. The molecule has 2 rings (SSSR count). The summed E-state index contributed by atoms with van der Waals surface area (Å²) in [6, 6.07) is 6.67. The summed E-state index contributed by atoms with van der Waals surface area (Å²) >= 11 is 0. The maximum Gasteiger partial charge on any atom is 0.244 e. The van der Waals surface area contributed by atoms with Crippen molar-refractivity contribution in [1.82, 2.24) is 15.2 Å². The molecule has 0 aliphatic heterocycles. The van der Waals surface area contributed by atoms with Crippen LogP contribution in [-0.4, -0.2) is 34.3 Å². The average molecular weight is 314 g/mol. The van der Waals surface area contributed by atoms with Gasteiger partial charge in [-0.1, -0.05) is 0 Å². The van der Waals surface area contributed by atoms with Gasteiger partial charge in [0.15, 0.2) is 5.82 Å². The monoisotopic (exact) mass is 314 g/mol. The second-order valence-electron chi connectivity index (χ2n) is 5.76. The molecule has 0 saturated carbocycles. The molecular weight excluding hydrogens is 288 g/mol. The molecule has 0 aliphatic carbocycles. The number of hydrogen-bond donors (Lipinski definition) is 2. The summed E-state index contributed by atoms with van der Waals surface area (Å²) in [5.74, 6) is 1.21. The van der Waals surface area contributed by atoms with Crippen LogP contribution in [-0.2, 0) is 0 Å². The summed E-state index contributed by atoms with van der Waals surface area (Å²) in [6.45, 7) is 12.5. The minimum absolute atomic E-state index is 0.266. The maximum atomic E-state index is 4.43. The normalized spacial score (nSPS) is 10.7. The SMILES string of the molecule is CCN(CC)c1ccc(Nc2cnnc(NC(C)C)n2)c(C)c1. The van der Waals surface area contributed by atoms with E-state index in [1.54, 1.807) is 6.20 Å². The lowest BCUT2D eigenvalue weighted by Gasteiger charge is -2.22. The standard InChI is InChI=1S/C17H26N6/c1-6-23(7-2)14-8-9-15(13(5)10-14)20-16-11-18-22-17(21-16)19-12(3)4/h8-12H,6-7H2,1-5H3,(H2,19,20,21,22). The largest absolute Gasteiger partial charge is 0.372 e. The van der Waals surface area contributed by atoms with E-state index in [0.717, 1.165) is 18.8 Å². The van der Waals surface area contributed by atoms with Crippen LogP contribution in [0, 0.1) is 6.92 Å². The molecule has 0 fully saturated rings. The Balaban J connectivity index is 2.17. The van der Waals surface area contributed by atoms with Crippen LogP contribution < -0.4 is 15.5 Å². The molecule has 1 aromatic carbocycles. The molecule has 6 nitrogen and oxygen atoms in total. The van der Waals surface area contributed by atoms with Crippen LogP contribution in [0.3, 0.4) is 0 Å². The number of nitrogens with zero attached hydrogens (tertiary/aromatic N) is 4. The van der Waals surface area contributed by atoms with Crippen LogP contribution in [0.5, 0.6) is 0 Å². The van der Waals surface area contributed by atoms with Crippen molar-refractivity contribution >= 4 is 23.1 Å². The fraction of sp³-hybridized carbons (Fsp3) is 0.471. The fourth-order valence-corrected chi connectivity index (χ4v) is 2.39. The Morgan fingerprint density at radius 3 is 2.52 bits per heavy atom. The first-order valence-electron chi connectivity index (χ1n) is 8.12. The molecule has 1 heterocycles. The Morgan fingerprint density at radius 1 is 1.17 bits per heavy atom. The van der Waals surface area contributed by atoms with Gasteiger partial charge in [0.2, 0.25) is 5.95 Å². The summed E-state index contributed by atoms with van der Waals surface area (Å²) in [6.07, 6.45) is 1.63. The highest BCUT2D eigenvalue weighted by Gasteiger charge is 2.07. The Kier molecular flexibility index (Phi) is 5.73. The zero-order valence-corrected chi connectivity index (χ0v) is 14.6. The van der Waals surface area contributed by atoms with Crippen molar-refractivity contribution in [1.29, 1.82) is 0 Å². The van der Waals surface area contributed by atoms with Crippen molar-refractivity contribution in [2.75, 3.05) is 28.6 Å². The van der Waals surface area contributed by atoms with E-state index >= 15 is 0 Å². The first-order chi connectivity index (χ1) is 11.0. The molecular formula is C17H26N6. The zero-order chi connectivity index (χ0) is 16.8. The lowest BCUT2D eigenvalue weighted by atomic mass is 10.1. The van der Waals surface area contributed by atoms with E-state index in [1.807, 2.05) is 13.8 Å². The quantitative estimate of drug-likeness (QED) is 0.814. The Labute approximate surface area is 138 Å². The summed E-state index contributed by atoms with van der Waals surface area (Å²) in [5, 5.41) is 14.4. The molecule has 124 valence electrons. The lowest BCUT2D eigenvalue weighted by Crippen LogP contribution is -2.21. The van der Waals surface area contributed by atoms with E-state index in [1.165, 1.54) is 11.3 Å². The number of nitrogens with one attached hydrogen (secondary N) is 2. The number of rotatable bonds is 7. The van der Waals surface area contributed by atoms with E-state index in [2.05, 4.69) is 69.7 Å². The Bertz CT molecular complexity index is 637. The first kappa shape index (κ1) is 17.0. The molecule has 0 amide bonds. The predicted octanol–water partition coefficient (Wildman–Crippen LogP) is 3.59. The molecule has 23 heavy (non-hydrogen) atoms. The van der Waals surface area contributed by atoms with Crippen molar-refractivity contribution in [3.05, 3.63) is 30.0 Å². The van der Waals surface area contributed by atoms with Gasteiger partial charge in [0.05, 0.1) is 6.20 Å². The van der Waals surface area contributed by atoms with Crippen molar-refractivity contribution in [2.45, 2.75) is 40.7 Å². The van der Waals surface area contributed by atoms with E-state index in [9.17, 15) is 0 Å². The number of aryl methyl sites for hydroxylation is 1. The van der Waals surface area contributed by atoms with Crippen molar-refractivity contribution in [3.8, 4) is 0 Å². The molecule has 0 saturated heterocycles. The third-order valence-corrected chi connectivity index (χ3v) is 3.58. The first-order valence-corrected chi connectivity index (χ1v) is 8.12. The molecule has 0 radical (unpaired) electrons. The van der Waals surface area contributed by atoms with E-state index in [-0.39, 0.29) is 6.04 Å². The smallest absolute Gasteiger partial charge is 0.244 e. The highest BCUT2D eigenvalue weighted by atomic mass is 15.3. The molecule has 0 bridgehead atoms. The van der Waals surface area contributed by atoms with E-state index in [4.69, 9.17) is 0 Å². The van der Waals surface area contributed by atoms with E-state index in [0.29, 0.717) is 11.8 Å². The van der Waals surface area contributed by atoms with Gasteiger partial charge in [0, 0.05) is 30.5 Å². The van der Waals surface area contributed by atoms with Crippen LogP contribution in [0.25, 0.3) is 0 Å². The van der Waals surface area contributed by atoms with Gasteiger partial charge in [-0.3, -0.25) is 0 Å². The third kappa shape index (κ3) is 4.55. The molecule has 0 spiro atoms. The molecule has 2 N–H and O–H groups in total. The Morgan fingerprint density at radius 2 is 1.91 bits per heavy atom. The van der Waals surface area contributed by atoms with Gasteiger partial charge in [-0.15, -0.1) is 5.10 Å². The molecule has 0 atom stereocenters. The fourth-order valence-electron chi connectivity index (χ4n) is 2.39. The van der Waals surface area contributed by atoms with Gasteiger partial charge in [0.25, 0.3) is 0 Å².